The molecule has 0 atom stereocenters. The molecule has 2 rings (SSSR count). The Morgan fingerprint density at radius 1 is 1.26 bits per heavy atom. The fraction of sp³-hybridized carbons (Fsp3) is 0.611. The first-order chi connectivity index (χ1) is 12.3. The van der Waals surface area contributed by atoms with E-state index in [2.05, 4.69) is 16.6 Å². The van der Waals surface area contributed by atoms with Gasteiger partial charge in [-0.25, -0.2) is 0 Å². The molecule has 0 unspecified atom stereocenters. The van der Waals surface area contributed by atoms with Crippen LogP contribution < -0.4 is 5.32 Å². The summed E-state index contributed by atoms with van der Waals surface area (Å²) < 4.78 is 43.6. The molecule has 0 saturated carbocycles. The summed E-state index contributed by atoms with van der Waals surface area (Å²) in [7, 11) is 3.59. The zero-order valence-corrected chi connectivity index (χ0v) is 19.0. The number of hydrogen-bond acceptors (Lipinski definition) is 3. The first-order valence-electron chi connectivity index (χ1n) is 8.50. The SMILES string of the molecule is CN=C(NCC1(SC)CCOCC1)N(C)Cc1ccc(C(F)(F)F)cc1.I. The van der Waals surface area contributed by atoms with Crippen molar-refractivity contribution in [3.8, 4) is 0 Å². The highest BCUT2D eigenvalue weighted by molar-refractivity contribution is 14.0. The highest BCUT2D eigenvalue weighted by Crippen LogP contribution is 2.33. The molecule has 0 aromatic heterocycles. The lowest BCUT2D eigenvalue weighted by Gasteiger charge is -2.37. The van der Waals surface area contributed by atoms with Crippen molar-refractivity contribution in [1.82, 2.24) is 10.2 Å². The Balaban J connectivity index is 0.00000364. The van der Waals surface area contributed by atoms with Crippen LogP contribution in [-0.2, 0) is 17.5 Å². The lowest BCUT2D eigenvalue weighted by molar-refractivity contribution is -0.137. The molecule has 1 saturated heterocycles. The second kappa shape index (κ2) is 10.8. The molecule has 0 spiro atoms. The summed E-state index contributed by atoms with van der Waals surface area (Å²) in [5.74, 6) is 0.727. The van der Waals surface area contributed by atoms with E-state index in [1.807, 2.05) is 23.7 Å². The van der Waals surface area contributed by atoms with E-state index in [1.165, 1.54) is 12.1 Å². The summed E-state index contributed by atoms with van der Waals surface area (Å²) in [5.41, 5.74) is 0.168. The van der Waals surface area contributed by atoms with Crippen LogP contribution in [0.3, 0.4) is 0 Å². The van der Waals surface area contributed by atoms with Crippen molar-refractivity contribution in [2.24, 2.45) is 4.99 Å². The lowest BCUT2D eigenvalue weighted by Crippen LogP contribution is -2.48. The quantitative estimate of drug-likeness (QED) is 0.360. The number of aliphatic imine (C=N–C) groups is 1. The van der Waals surface area contributed by atoms with E-state index in [1.54, 1.807) is 7.05 Å². The van der Waals surface area contributed by atoms with Crippen molar-refractivity contribution < 1.29 is 17.9 Å². The van der Waals surface area contributed by atoms with Gasteiger partial charge in [-0.1, -0.05) is 12.1 Å². The minimum Gasteiger partial charge on any atom is -0.381 e. The second-order valence-corrected chi connectivity index (χ2v) is 7.73. The van der Waals surface area contributed by atoms with Crippen LogP contribution in [0.25, 0.3) is 0 Å². The summed E-state index contributed by atoms with van der Waals surface area (Å²) in [5, 5.41) is 3.41. The largest absolute Gasteiger partial charge is 0.416 e. The van der Waals surface area contributed by atoms with Crippen LogP contribution in [-0.4, -0.2) is 55.7 Å². The average molecular weight is 517 g/mol. The molecule has 0 amide bonds. The van der Waals surface area contributed by atoms with Crippen molar-refractivity contribution >= 4 is 41.7 Å². The van der Waals surface area contributed by atoms with Gasteiger partial charge in [0.05, 0.1) is 5.56 Å². The number of benzene rings is 1. The number of hydrogen-bond donors (Lipinski definition) is 1. The van der Waals surface area contributed by atoms with Gasteiger partial charge in [-0.05, 0) is 36.8 Å². The van der Waals surface area contributed by atoms with Gasteiger partial charge in [-0.3, -0.25) is 4.99 Å². The highest BCUT2D eigenvalue weighted by Gasteiger charge is 2.32. The van der Waals surface area contributed by atoms with Crippen LogP contribution in [0.4, 0.5) is 13.2 Å². The summed E-state index contributed by atoms with van der Waals surface area (Å²) >= 11 is 1.84. The number of thioether (sulfide) groups is 1. The summed E-state index contributed by atoms with van der Waals surface area (Å²) in [6.45, 7) is 2.79. The molecule has 4 nitrogen and oxygen atoms in total. The van der Waals surface area contributed by atoms with E-state index in [4.69, 9.17) is 4.74 Å². The van der Waals surface area contributed by atoms with Crippen LogP contribution in [0.5, 0.6) is 0 Å². The van der Waals surface area contributed by atoms with Crippen molar-refractivity contribution in [2.75, 3.05) is 40.1 Å². The maximum atomic E-state index is 12.7. The lowest BCUT2D eigenvalue weighted by atomic mass is 9.99. The molecule has 1 aliphatic rings. The number of nitrogens with one attached hydrogen (secondary N) is 1. The minimum absolute atomic E-state index is 0. The van der Waals surface area contributed by atoms with Crippen molar-refractivity contribution in [3.05, 3.63) is 35.4 Å². The fourth-order valence-corrected chi connectivity index (χ4v) is 3.76. The van der Waals surface area contributed by atoms with Crippen molar-refractivity contribution in [2.45, 2.75) is 30.3 Å². The standard InChI is InChI=1S/C18H26F3N3OS.HI/c1-22-16(23-13-17(26-3)8-10-25-11-9-17)24(2)12-14-4-6-15(7-5-14)18(19,20)21;/h4-7H,8-13H2,1-3H3,(H,22,23);1H. The molecule has 1 heterocycles. The molecular formula is C18H27F3IN3OS. The predicted molar refractivity (Wildman–Crippen MR) is 116 cm³/mol. The van der Waals surface area contributed by atoms with E-state index >= 15 is 0 Å². The molecule has 27 heavy (non-hydrogen) atoms. The normalized spacial score (nSPS) is 17.2. The van der Waals surface area contributed by atoms with E-state index in [0.717, 1.165) is 56.3 Å². The first kappa shape index (κ1) is 24.4. The summed E-state index contributed by atoms with van der Waals surface area (Å²) in [6, 6.07) is 5.25. The Morgan fingerprint density at radius 3 is 2.33 bits per heavy atom. The molecule has 154 valence electrons. The van der Waals surface area contributed by atoms with Crippen LogP contribution in [0, 0.1) is 0 Å². The topological polar surface area (TPSA) is 36.9 Å². The Morgan fingerprint density at radius 2 is 1.85 bits per heavy atom. The molecule has 0 radical (unpaired) electrons. The Labute approximate surface area is 180 Å². The van der Waals surface area contributed by atoms with Gasteiger partial charge in [0, 0.05) is 45.1 Å². The van der Waals surface area contributed by atoms with E-state index in [0.29, 0.717) is 6.54 Å². The van der Waals surface area contributed by atoms with Crippen LogP contribution in [0.15, 0.2) is 29.3 Å². The number of ether oxygens (including phenoxy) is 1. The number of guanidine groups is 1. The summed E-state index contributed by atoms with van der Waals surface area (Å²) in [6.07, 6.45) is -0.221. The number of rotatable bonds is 5. The van der Waals surface area contributed by atoms with Crippen LogP contribution >= 0.6 is 35.7 Å². The Hall–Kier alpha value is -0.680. The molecular weight excluding hydrogens is 490 g/mol. The van der Waals surface area contributed by atoms with Crippen molar-refractivity contribution in [3.63, 3.8) is 0 Å². The maximum absolute atomic E-state index is 12.7. The summed E-state index contributed by atoms with van der Waals surface area (Å²) in [4.78, 5) is 6.21. The number of halogens is 4. The second-order valence-electron chi connectivity index (χ2n) is 6.45. The molecule has 0 bridgehead atoms. The van der Waals surface area contributed by atoms with E-state index in [-0.39, 0.29) is 28.7 Å². The van der Waals surface area contributed by atoms with Gasteiger partial charge in [-0.2, -0.15) is 24.9 Å². The Kier molecular flexibility index (Phi) is 9.70. The molecule has 0 aliphatic carbocycles. The number of alkyl halides is 3. The monoisotopic (exact) mass is 517 g/mol. The molecule has 1 aromatic carbocycles. The van der Waals surface area contributed by atoms with Gasteiger partial charge in [0.25, 0.3) is 0 Å². The molecule has 9 heteroatoms. The molecule has 1 aliphatic heterocycles. The molecule has 1 aromatic rings. The van der Waals surface area contributed by atoms with Gasteiger partial charge < -0.3 is 15.0 Å². The fourth-order valence-electron chi connectivity index (χ4n) is 2.97. The van der Waals surface area contributed by atoms with Gasteiger partial charge >= 0.3 is 6.18 Å². The zero-order chi connectivity index (χ0) is 19.2. The van der Waals surface area contributed by atoms with Gasteiger partial charge in [0.1, 0.15) is 0 Å². The Bertz CT molecular complexity index is 605. The zero-order valence-electron chi connectivity index (χ0n) is 15.8. The van der Waals surface area contributed by atoms with Gasteiger partial charge in [0.2, 0.25) is 0 Å². The van der Waals surface area contributed by atoms with Crippen molar-refractivity contribution in [1.29, 1.82) is 0 Å². The van der Waals surface area contributed by atoms with E-state index in [9.17, 15) is 13.2 Å². The van der Waals surface area contributed by atoms with E-state index < -0.39 is 11.7 Å². The first-order valence-corrected chi connectivity index (χ1v) is 9.73. The van der Waals surface area contributed by atoms with Gasteiger partial charge in [-0.15, -0.1) is 24.0 Å². The van der Waals surface area contributed by atoms with Gasteiger partial charge in [0.15, 0.2) is 5.96 Å². The molecule has 1 fully saturated rings. The van der Waals surface area contributed by atoms with Crippen LogP contribution in [0.1, 0.15) is 24.0 Å². The maximum Gasteiger partial charge on any atom is 0.416 e. The van der Waals surface area contributed by atoms with Crippen LogP contribution in [0.2, 0.25) is 0 Å². The predicted octanol–water partition coefficient (Wildman–Crippen LogP) is 4.24. The third kappa shape index (κ3) is 7.01. The third-order valence-electron chi connectivity index (χ3n) is 4.68. The highest BCUT2D eigenvalue weighted by atomic mass is 127. The smallest absolute Gasteiger partial charge is 0.381 e. The number of nitrogens with zero attached hydrogens (tertiary/aromatic N) is 2. The minimum atomic E-state index is -4.31. The molecule has 1 N–H and O–H groups in total. The average Bonchev–Trinajstić information content (AvgIpc) is 2.62. The third-order valence-corrected chi connectivity index (χ3v) is 6.10.